The minimum absolute atomic E-state index is 0.00967. The molecule has 10 heteroatoms. The highest BCUT2D eigenvalue weighted by Crippen LogP contribution is 2.08. The van der Waals surface area contributed by atoms with Crippen LogP contribution in [0, 0.1) is 0 Å². The van der Waals surface area contributed by atoms with Crippen LogP contribution in [0.2, 0.25) is 0 Å². The number of hydrogen-bond acceptors (Lipinski definition) is 6. The summed E-state index contributed by atoms with van der Waals surface area (Å²) in [5.41, 5.74) is 15.9. The van der Waals surface area contributed by atoms with E-state index < -0.39 is 6.10 Å². The van der Waals surface area contributed by atoms with Crippen molar-refractivity contribution in [3.8, 4) is 0 Å². The summed E-state index contributed by atoms with van der Waals surface area (Å²) in [6.07, 6.45) is 6.33. The van der Waals surface area contributed by atoms with Crippen LogP contribution in [0.15, 0.2) is 4.99 Å². The SMILES string of the molecule is NCCCNCCCCNC(=O)CNC(=O)CC(O)CCCCCCN=C(N)N. The maximum atomic E-state index is 11.8. The molecule has 0 aliphatic carbocycles. The van der Waals surface area contributed by atoms with Gasteiger partial charge in [-0.25, -0.2) is 0 Å². The van der Waals surface area contributed by atoms with E-state index in [2.05, 4.69) is 20.9 Å². The molecule has 0 saturated carbocycles. The third kappa shape index (κ3) is 20.6. The van der Waals surface area contributed by atoms with Gasteiger partial charge < -0.3 is 38.3 Å². The molecule has 0 radical (unpaired) electrons. The van der Waals surface area contributed by atoms with E-state index in [0.29, 0.717) is 26.1 Å². The lowest BCUT2D eigenvalue weighted by molar-refractivity contribution is -0.127. The van der Waals surface area contributed by atoms with Gasteiger partial charge in [-0.3, -0.25) is 14.6 Å². The molecule has 1 unspecified atom stereocenters. The first-order valence-corrected chi connectivity index (χ1v) is 10.6. The van der Waals surface area contributed by atoms with Gasteiger partial charge in [0.1, 0.15) is 0 Å². The summed E-state index contributed by atoms with van der Waals surface area (Å²) < 4.78 is 0. The van der Waals surface area contributed by atoms with E-state index in [1.54, 1.807) is 0 Å². The van der Waals surface area contributed by atoms with Gasteiger partial charge in [0.25, 0.3) is 0 Å². The number of nitrogens with zero attached hydrogens (tertiary/aromatic N) is 1. The first kappa shape index (κ1) is 27.1. The van der Waals surface area contributed by atoms with Gasteiger partial charge in [-0.15, -0.1) is 0 Å². The van der Waals surface area contributed by atoms with E-state index in [0.717, 1.165) is 58.0 Å². The number of aliphatic imine (C=N–C) groups is 1. The number of carbonyl (C=O) groups excluding carboxylic acids is 2. The van der Waals surface area contributed by atoms with E-state index >= 15 is 0 Å². The standard InChI is InChI=1S/C19H41N7O3/c20-9-7-11-23-10-5-6-12-24-18(29)15-26-17(28)14-16(27)8-3-1-2-4-13-25-19(21)22/h16,23,27H,1-15,20H2,(H,24,29)(H,26,28)(H4,21,22,25). The molecule has 0 aromatic heterocycles. The molecule has 0 heterocycles. The van der Waals surface area contributed by atoms with E-state index in [1.807, 2.05) is 0 Å². The molecule has 0 bridgehead atoms. The summed E-state index contributed by atoms with van der Waals surface area (Å²) in [4.78, 5) is 27.4. The van der Waals surface area contributed by atoms with Gasteiger partial charge in [0.05, 0.1) is 19.1 Å². The smallest absolute Gasteiger partial charge is 0.239 e. The Hall–Kier alpha value is -1.91. The number of carbonyl (C=O) groups is 2. The number of nitrogens with two attached hydrogens (primary N) is 3. The molecular weight excluding hydrogens is 374 g/mol. The van der Waals surface area contributed by atoms with Crippen molar-refractivity contribution < 1.29 is 14.7 Å². The lowest BCUT2D eigenvalue weighted by Gasteiger charge is -2.11. The number of amides is 2. The first-order chi connectivity index (χ1) is 14.0. The quantitative estimate of drug-likeness (QED) is 0.0794. The van der Waals surface area contributed by atoms with Gasteiger partial charge in [-0.2, -0.15) is 0 Å². The first-order valence-electron chi connectivity index (χ1n) is 10.6. The number of aliphatic hydroxyl groups excluding tert-OH is 1. The monoisotopic (exact) mass is 415 g/mol. The molecule has 1 atom stereocenters. The fraction of sp³-hybridized carbons (Fsp3) is 0.842. The minimum atomic E-state index is -0.692. The zero-order valence-electron chi connectivity index (χ0n) is 17.6. The second kappa shape index (κ2) is 19.4. The lowest BCUT2D eigenvalue weighted by Crippen LogP contribution is -2.38. The van der Waals surface area contributed by atoms with Crippen molar-refractivity contribution in [1.29, 1.82) is 0 Å². The number of aliphatic hydroxyl groups is 1. The van der Waals surface area contributed by atoms with Gasteiger partial charge in [0, 0.05) is 13.1 Å². The van der Waals surface area contributed by atoms with Crippen molar-refractivity contribution in [3.05, 3.63) is 0 Å². The van der Waals surface area contributed by atoms with Crippen LogP contribution >= 0.6 is 0 Å². The van der Waals surface area contributed by atoms with Gasteiger partial charge >= 0.3 is 0 Å². The Morgan fingerprint density at radius 1 is 0.862 bits per heavy atom. The number of nitrogens with one attached hydrogen (secondary N) is 3. The van der Waals surface area contributed by atoms with E-state index in [1.165, 1.54) is 0 Å². The highest BCUT2D eigenvalue weighted by molar-refractivity contribution is 5.84. The molecule has 10 nitrogen and oxygen atoms in total. The van der Waals surface area contributed by atoms with Crippen molar-refractivity contribution >= 4 is 17.8 Å². The molecule has 170 valence electrons. The molecule has 0 spiro atoms. The minimum Gasteiger partial charge on any atom is -0.393 e. The molecule has 0 aromatic rings. The summed E-state index contributed by atoms with van der Waals surface area (Å²) in [6.45, 7) is 3.64. The van der Waals surface area contributed by atoms with Crippen LogP contribution < -0.4 is 33.2 Å². The zero-order valence-corrected chi connectivity index (χ0v) is 17.6. The number of unbranched alkanes of at least 4 members (excludes halogenated alkanes) is 4. The molecule has 0 rings (SSSR count). The van der Waals surface area contributed by atoms with Crippen LogP contribution in [0.3, 0.4) is 0 Å². The Morgan fingerprint density at radius 3 is 2.28 bits per heavy atom. The molecule has 0 fully saturated rings. The summed E-state index contributed by atoms with van der Waals surface area (Å²) in [6, 6.07) is 0. The van der Waals surface area contributed by atoms with Crippen molar-refractivity contribution in [3.63, 3.8) is 0 Å². The van der Waals surface area contributed by atoms with Crippen LogP contribution in [0.25, 0.3) is 0 Å². The van der Waals surface area contributed by atoms with E-state index in [4.69, 9.17) is 17.2 Å². The van der Waals surface area contributed by atoms with Gasteiger partial charge in [0.2, 0.25) is 11.8 Å². The summed E-state index contributed by atoms with van der Waals surface area (Å²) >= 11 is 0. The Labute approximate surface area is 174 Å². The van der Waals surface area contributed by atoms with E-state index in [9.17, 15) is 14.7 Å². The fourth-order valence-electron chi connectivity index (χ4n) is 2.64. The fourth-order valence-corrected chi connectivity index (χ4v) is 2.64. The Balaban J connectivity index is 3.54. The third-order valence-electron chi connectivity index (χ3n) is 4.27. The lowest BCUT2D eigenvalue weighted by atomic mass is 10.1. The highest BCUT2D eigenvalue weighted by atomic mass is 16.3. The zero-order chi connectivity index (χ0) is 21.7. The largest absolute Gasteiger partial charge is 0.393 e. The van der Waals surface area contributed by atoms with Gasteiger partial charge in [0.15, 0.2) is 5.96 Å². The maximum absolute atomic E-state index is 11.8. The molecule has 29 heavy (non-hydrogen) atoms. The number of guanidine groups is 1. The van der Waals surface area contributed by atoms with Crippen LogP contribution in [0.4, 0.5) is 0 Å². The van der Waals surface area contributed by atoms with Crippen molar-refractivity contribution in [2.45, 2.75) is 63.9 Å². The second-order valence-corrected chi connectivity index (χ2v) is 7.09. The summed E-state index contributed by atoms with van der Waals surface area (Å²) in [7, 11) is 0. The average molecular weight is 416 g/mol. The van der Waals surface area contributed by atoms with Crippen LogP contribution in [-0.2, 0) is 9.59 Å². The summed E-state index contributed by atoms with van der Waals surface area (Å²) in [5.74, 6) is -0.430. The predicted octanol–water partition coefficient (Wildman–Crippen LogP) is -1.09. The Kier molecular flexibility index (Phi) is 18.1. The Morgan fingerprint density at radius 2 is 1.55 bits per heavy atom. The van der Waals surface area contributed by atoms with Crippen LogP contribution in [0.1, 0.15) is 57.8 Å². The second-order valence-electron chi connectivity index (χ2n) is 7.09. The number of rotatable bonds is 19. The van der Waals surface area contributed by atoms with E-state index in [-0.39, 0.29) is 30.7 Å². The maximum Gasteiger partial charge on any atom is 0.239 e. The molecule has 0 saturated heterocycles. The molecule has 0 aromatic carbocycles. The topological polar surface area (TPSA) is 181 Å². The van der Waals surface area contributed by atoms with Crippen molar-refractivity contribution in [2.75, 3.05) is 39.3 Å². The summed E-state index contributed by atoms with van der Waals surface area (Å²) in [5, 5.41) is 18.5. The van der Waals surface area contributed by atoms with Crippen LogP contribution in [0.5, 0.6) is 0 Å². The molecule has 2 amide bonds. The normalized spacial score (nSPS) is 11.7. The highest BCUT2D eigenvalue weighted by Gasteiger charge is 2.11. The molecule has 10 N–H and O–H groups in total. The van der Waals surface area contributed by atoms with Gasteiger partial charge in [-0.05, 0) is 51.7 Å². The average Bonchev–Trinajstić information content (AvgIpc) is 2.67. The predicted molar refractivity (Wildman–Crippen MR) is 116 cm³/mol. The molecule has 0 aliphatic rings. The van der Waals surface area contributed by atoms with Crippen molar-refractivity contribution in [2.24, 2.45) is 22.2 Å². The Bertz CT molecular complexity index is 457. The third-order valence-corrected chi connectivity index (χ3v) is 4.27. The van der Waals surface area contributed by atoms with Gasteiger partial charge in [-0.1, -0.05) is 19.3 Å². The molecular formula is C19H41N7O3. The number of hydrogen-bond donors (Lipinski definition) is 7. The van der Waals surface area contributed by atoms with Crippen LogP contribution in [-0.4, -0.2) is 68.3 Å². The molecule has 0 aliphatic heterocycles. The van der Waals surface area contributed by atoms with Crippen molar-refractivity contribution in [1.82, 2.24) is 16.0 Å².